The average molecular weight is 903 g/mol. The van der Waals surface area contributed by atoms with Crippen LogP contribution in [0.15, 0.2) is 107 Å². The Morgan fingerprint density at radius 2 is 0.855 bits per heavy atom. The molecule has 0 amide bonds. The molecule has 2 atom stereocenters. The van der Waals surface area contributed by atoms with E-state index in [2.05, 4.69) is 51.2 Å². The number of rotatable bonds is 18. The van der Waals surface area contributed by atoms with Gasteiger partial charge in [-0.3, -0.25) is 0 Å². The zero-order valence-corrected chi connectivity index (χ0v) is 39.3. The summed E-state index contributed by atoms with van der Waals surface area (Å²) in [6, 6.07) is 24.9. The van der Waals surface area contributed by atoms with Crippen LogP contribution in [0.5, 0.6) is 12.0 Å². The standard InChI is InChI=1S/C38H38N10O10S2.2Na/c1-23(49)21-57-37-45-33(39-27-9-5-3-6-10-27)43-35(47-37)41-29-17-15-25(31(19-29)59(51,52)53)13-14-26-16-18-30(20-32(26)60(54,55)56)42-36-44-34(40-28-11-7-4-8-12-28)46-38(48-36)58-22-24(2)50;;/h3-20,23-24,49-50H,21-22H2,1-2H3,(H,51,52,53)(H,54,55,56)(H2,39,41,43,45,47)(H2,40,42,44,46,48);;/q;2*+1/p-2/b14-13+;;. The van der Waals surface area contributed by atoms with E-state index in [0.717, 1.165) is 24.3 Å². The fraction of sp³-hybridized carbons (Fsp3) is 0.158. The van der Waals surface area contributed by atoms with Gasteiger partial charge in [0, 0.05) is 22.7 Å². The zero-order valence-electron chi connectivity index (χ0n) is 33.6. The Morgan fingerprint density at radius 3 is 1.16 bits per heavy atom. The van der Waals surface area contributed by atoms with Gasteiger partial charge in [0.05, 0.1) is 22.0 Å². The number of anilines is 8. The molecule has 0 spiro atoms. The predicted octanol–water partition coefficient (Wildman–Crippen LogP) is -1.46. The van der Waals surface area contributed by atoms with E-state index >= 15 is 0 Å². The fourth-order valence-corrected chi connectivity index (χ4v) is 6.52. The summed E-state index contributed by atoms with van der Waals surface area (Å²) in [6.07, 6.45) is 0.641. The van der Waals surface area contributed by atoms with Crippen LogP contribution in [0.2, 0.25) is 0 Å². The molecule has 0 radical (unpaired) electrons. The van der Waals surface area contributed by atoms with Crippen molar-refractivity contribution in [3.63, 3.8) is 0 Å². The van der Waals surface area contributed by atoms with Gasteiger partial charge in [0.1, 0.15) is 33.5 Å². The van der Waals surface area contributed by atoms with Gasteiger partial charge in [-0.1, -0.05) is 60.7 Å². The summed E-state index contributed by atoms with van der Waals surface area (Å²) in [5.74, 6) is -0.120. The second-order valence-corrected chi connectivity index (χ2v) is 15.5. The second-order valence-electron chi connectivity index (χ2n) is 12.8. The van der Waals surface area contributed by atoms with Crippen molar-refractivity contribution in [1.82, 2.24) is 29.9 Å². The molecule has 20 nitrogen and oxygen atoms in total. The average Bonchev–Trinajstić information content (AvgIpc) is 3.19. The third kappa shape index (κ3) is 14.9. The van der Waals surface area contributed by atoms with E-state index in [9.17, 15) is 36.2 Å². The van der Waals surface area contributed by atoms with Gasteiger partial charge in [-0.25, -0.2) is 16.8 Å². The Morgan fingerprint density at radius 1 is 0.532 bits per heavy atom. The predicted molar refractivity (Wildman–Crippen MR) is 218 cm³/mol. The van der Waals surface area contributed by atoms with Gasteiger partial charge in [-0.05, 0) is 73.5 Å². The van der Waals surface area contributed by atoms with Crippen molar-refractivity contribution in [1.29, 1.82) is 0 Å². The number of nitrogens with zero attached hydrogens (tertiary/aromatic N) is 6. The monoisotopic (exact) mass is 902 g/mol. The van der Waals surface area contributed by atoms with Crippen molar-refractivity contribution < 1.29 is 105 Å². The summed E-state index contributed by atoms with van der Waals surface area (Å²) < 4.78 is 85.9. The molecule has 2 unspecified atom stereocenters. The van der Waals surface area contributed by atoms with Crippen LogP contribution in [0, 0.1) is 0 Å². The normalized spacial score (nSPS) is 12.3. The fourth-order valence-electron chi connectivity index (χ4n) is 5.13. The summed E-state index contributed by atoms with van der Waals surface area (Å²) >= 11 is 0. The molecule has 6 N–H and O–H groups in total. The Kier molecular flexibility index (Phi) is 18.1. The van der Waals surface area contributed by atoms with Crippen molar-refractivity contribution in [2.45, 2.75) is 35.8 Å². The number of hydrogen-bond donors (Lipinski definition) is 6. The summed E-state index contributed by atoms with van der Waals surface area (Å²) in [6.45, 7) is 2.73. The van der Waals surface area contributed by atoms with Crippen LogP contribution in [-0.2, 0) is 20.2 Å². The van der Waals surface area contributed by atoms with Gasteiger partial charge in [0.25, 0.3) is 0 Å². The minimum absolute atomic E-state index is 0. The molecular formula is C38H36N10Na2O10S2. The number of ether oxygens (including phenoxy) is 2. The van der Waals surface area contributed by atoms with Gasteiger partial charge in [-0.2, -0.15) is 29.9 Å². The molecule has 0 saturated heterocycles. The van der Waals surface area contributed by atoms with Crippen LogP contribution in [-0.4, -0.2) is 91.5 Å². The summed E-state index contributed by atoms with van der Waals surface area (Å²) in [7, 11) is -10.3. The maximum Gasteiger partial charge on any atom is 1.00 e. The molecule has 0 saturated carbocycles. The third-order valence-corrected chi connectivity index (χ3v) is 9.50. The maximum absolute atomic E-state index is 12.5. The largest absolute Gasteiger partial charge is 1.00 e. The molecular weight excluding hydrogens is 867 g/mol. The molecule has 62 heavy (non-hydrogen) atoms. The minimum Gasteiger partial charge on any atom is -0.744 e. The van der Waals surface area contributed by atoms with Gasteiger partial charge >= 0.3 is 71.1 Å². The van der Waals surface area contributed by atoms with E-state index < -0.39 is 42.2 Å². The molecule has 2 aromatic heterocycles. The summed E-state index contributed by atoms with van der Waals surface area (Å²) in [5.41, 5.74) is 1.13. The number of hydrogen-bond acceptors (Lipinski definition) is 20. The quantitative estimate of drug-likeness (QED) is 0.0326. The maximum atomic E-state index is 12.5. The number of nitrogens with one attached hydrogen (secondary N) is 4. The van der Waals surface area contributed by atoms with Crippen LogP contribution < -0.4 is 89.9 Å². The Labute approximate surface area is 400 Å². The first-order valence-electron chi connectivity index (χ1n) is 17.8. The first-order valence-corrected chi connectivity index (χ1v) is 20.6. The first kappa shape index (κ1) is 49.8. The van der Waals surface area contributed by atoms with Crippen LogP contribution in [0.3, 0.4) is 0 Å². The molecule has 4 aromatic carbocycles. The Hall–Kier alpha value is -4.82. The number of aliphatic hydroxyl groups excluding tert-OH is 2. The van der Waals surface area contributed by atoms with Gasteiger partial charge in [0.15, 0.2) is 0 Å². The first-order chi connectivity index (χ1) is 28.6. The van der Waals surface area contributed by atoms with Crippen molar-refractivity contribution in [3.05, 3.63) is 108 Å². The molecule has 24 heteroatoms. The van der Waals surface area contributed by atoms with Crippen molar-refractivity contribution in [2.24, 2.45) is 0 Å². The smallest absolute Gasteiger partial charge is 0.744 e. The minimum atomic E-state index is -5.14. The van der Waals surface area contributed by atoms with E-state index in [1.54, 1.807) is 48.5 Å². The van der Waals surface area contributed by atoms with E-state index in [1.165, 1.54) is 38.1 Å². The summed E-state index contributed by atoms with van der Waals surface area (Å²) in [4.78, 5) is 23.9. The third-order valence-electron chi connectivity index (χ3n) is 7.72. The van der Waals surface area contributed by atoms with Crippen molar-refractivity contribution in [2.75, 3.05) is 34.5 Å². The molecule has 0 bridgehead atoms. The molecule has 312 valence electrons. The van der Waals surface area contributed by atoms with Crippen LogP contribution in [0.4, 0.5) is 46.5 Å². The van der Waals surface area contributed by atoms with E-state index in [0.29, 0.717) is 11.4 Å². The van der Waals surface area contributed by atoms with Gasteiger partial charge in [0.2, 0.25) is 23.8 Å². The Balaban J connectivity index is 0.00000422. The molecule has 0 fully saturated rings. The van der Waals surface area contributed by atoms with Crippen LogP contribution in [0.1, 0.15) is 25.0 Å². The molecule has 2 heterocycles. The number of aromatic nitrogens is 6. The molecule has 0 aliphatic carbocycles. The summed E-state index contributed by atoms with van der Waals surface area (Å²) in [5, 5.41) is 31.0. The topological polar surface area (TPSA) is 299 Å². The van der Waals surface area contributed by atoms with Gasteiger partial charge in [-0.15, -0.1) is 0 Å². The van der Waals surface area contributed by atoms with Crippen molar-refractivity contribution in [3.8, 4) is 12.0 Å². The molecule has 0 aliphatic heterocycles. The van der Waals surface area contributed by atoms with Crippen molar-refractivity contribution >= 4 is 78.9 Å². The van der Waals surface area contributed by atoms with Gasteiger partial charge < -0.3 is 50.1 Å². The molecule has 0 aliphatic rings. The number of para-hydroxylation sites is 2. The second kappa shape index (κ2) is 22.5. The van der Waals surface area contributed by atoms with E-state index in [1.807, 2.05) is 12.1 Å². The molecule has 6 aromatic rings. The molecule has 6 rings (SSSR count). The SMILES string of the molecule is CC(O)COc1nc(Nc2ccccc2)nc(Nc2ccc(/C=C/c3ccc(Nc4nc(Nc5ccccc5)nc(OCC(C)O)n4)cc3S(=O)(=O)[O-])c(S(=O)(=O)[O-])c2)n1.[Na+].[Na+]. The van der Waals surface area contributed by atoms with Crippen LogP contribution >= 0.6 is 0 Å². The Bertz CT molecular complexity index is 2520. The van der Waals surface area contributed by atoms with Crippen LogP contribution in [0.25, 0.3) is 12.2 Å². The number of aliphatic hydroxyl groups is 2. The number of benzene rings is 4. The van der Waals surface area contributed by atoms with E-state index in [-0.39, 0.29) is 131 Å². The van der Waals surface area contributed by atoms with E-state index in [4.69, 9.17) is 9.47 Å². The zero-order chi connectivity index (χ0) is 42.9.